The lowest BCUT2D eigenvalue weighted by molar-refractivity contribution is -0.120. The largest absolute Gasteiger partial charge is 0.353 e. The summed E-state index contributed by atoms with van der Waals surface area (Å²) in [6.45, 7) is 5.87. The van der Waals surface area contributed by atoms with Gasteiger partial charge >= 0.3 is 0 Å². The average Bonchev–Trinajstić information content (AvgIpc) is 2.75. The molecular formula is C10H16N4OS. The summed E-state index contributed by atoms with van der Waals surface area (Å²) in [6, 6.07) is 0. The van der Waals surface area contributed by atoms with Crippen LogP contribution in [0.1, 0.15) is 11.8 Å². The number of amides is 1. The molecule has 6 heteroatoms. The molecule has 2 rings (SSSR count). The number of hydrogen-bond donors (Lipinski definition) is 2. The van der Waals surface area contributed by atoms with Gasteiger partial charge < -0.3 is 15.5 Å². The third-order valence-electron chi connectivity index (χ3n) is 2.40. The van der Waals surface area contributed by atoms with E-state index in [-0.39, 0.29) is 5.91 Å². The van der Waals surface area contributed by atoms with Crippen LogP contribution in [0.4, 0.5) is 5.13 Å². The highest BCUT2D eigenvalue weighted by Crippen LogP contribution is 2.22. The monoisotopic (exact) mass is 240 g/mol. The van der Waals surface area contributed by atoms with E-state index in [4.69, 9.17) is 0 Å². The van der Waals surface area contributed by atoms with Crippen molar-refractivity contribution in [1.82, 2.24) is 15.6 Å². The van der Waals surface area contributed by atoms with Crippen molar-refractivity contribution in [2.45, 2.75) is 13.5 Å². The van der Waals surface area contributed by atoms with Crippen molar-refractivity contribution in [3.05, 3.63) is 11.1 Å². The fourth-order valence-corrected chi connectivity index (χ4v) is 2.48. The smallest absolute Gasteiger partial charge is 0.239 e. The molecule has 0 aromatic carbocycles. The van der Waals surface area contributed by atoms with E-state index >= 15 is 0 Å². The summed E-state index contributed by atoms with van der Waals surface area (Å²) < 4.78 is 0. The lowest BCUT2D eigenvalue weighted by Crippen LogP contribution is -2.47. The molecule has 0 bridgehead atoms. The Hall–Kier alpha value is -1.14. The quantitative estimate of drug-likeness (QED) is 0.789. The molecular weight excluding hydrogens is 224 g/mol. The van der Waals surface area contributed by atoms with E-state index < -0.39 is 0 Å². The second-order valence-electron chi connectivity index (χ2n) is 3.66. The van der Waals surface area contributed by atoms with Gasteiger partial charge in [-0.25, -0.2) is 4.98 Å². The van der Waals surface area contributed by atoms with Gasteiger partial charge in [0.05, 0.1) is 6.54 Å². The molecule has 5 nitrogen and oxygen atoms in total. The number of anilines is 1. The Kier molecular flexibility index (Phi) is 3.74. The van der Waals surface area contributed by atoms with Crippen molar-refractivity contribution in [2.75, 3.05) is 31.1 Å². The summed E-state index contributed by atoms with van der Waals surface area (Å²) in [6.07, 6.45) is 1.88. The van der Waals surface area contributed by atoms with E-state index in [1.807, 2.05) is 11.1 Å². The van der Waals surface area contributed by atoms with Crippen LogP contribution in [0.25, 0.3) is 0 Å². The average molecular weight is 240 g/mol. The zero-order valence-electron chi connectivity index (χ0n) is 9.32. The minimum Gasteiger partial charge on any atom is -0.353 e. The first-order chi connectivity index (χ1) is 7.79. The summed E-state index contributed by atoms with van der Waals surface area (Å²) in [5.41, 5.74) is 0. The van der Waals surface area contributed by atoms with Gasteiger partial charge in [-0.2, -0.15) is 0 Å². The summed E-state index contributed by atoms with van der Waals surface area (Å²) in [5.74, 6) is 0.0784. The van der Waals surface area contributed by atoms with Gasteiger partial charge in [-0.3, -0.25) is 4.79 Å². The normalized spacial score (nSPS) is 16.3. The van der Waals surface area contributed by atoms with Crippen molar-refractivity contribution >= 4 is 22.4 Å². The standard InChI is InChI=1S/C10H16N4OS/c1-2-11-5-8-6-13-10(16-8)14-4-3-12-9(15)7-14/h6,11H,2-5,7H2,1H3,(H,12,15). The number of rotatable bonds is 4. The van der Waals surface area contributed by atoms with Crippen LogP contribution < -0.4 is 15.5 Å². The van der Waals surface area contributed by atoms with Gasteiger partial charge in [0.25, 0.3) is 0 Å². The zero-order valence-corrected chi connectivity index (χ0v) is 10.1. The highest BCUT2D eigenvalue weighted by Gasteiger charge is 2.18. The molecule has 0 aliphatic carbocycles. The molecule has 16 heavy (non-hydrogen) atoms. The highest BCUT2D eigenvalue weighted by molar-refractivity contribution is 7.15. The second kappa shape index (κ2) is 5.27. The van der Waals surface area contributed by atoms with E-state index in [0.717, 1.165) is 24.8 Å². The Bertz CT molecular complexity index is 365. The summed E-state index contributed by atoms with van der Waals surface area (Å²) in [4.78, 5) is 18.8. The van der Waals surface area contributed by atoms with Crippen LogP contribution in [0.15, 0.2) is 6.20 Å². The van der Waals surface area contributed by atoms with Crippen LogP contribution in [0, 0.1) is 0 Å². The number of thiazole rings is 1. The highest BCUT2D eigenvalue weighted by atomic mass is 32.1. The van der Waals surface area contributed by atoms with Crippen molar-refractivity contribution in [1.29, 1.82) is 0 Å². The number of nitrogens with one attached hydrogen (secondary N) is 2. The van der Waals surface area contributed by atoms with E-state index in [0.29, 0.717) is 13.1 Å². The molecule has 1 aliphatic heterocycles. The summed E-state index contributed by atoms with van der Waals surface area (Å²) >= 11 is 1.65. The molecule has 1 fully saturated rings. The van der Waals surface area contributed by atoms with Crippen molar-refractivity contribution in [2.24, 2.45) is 0 Å². The van der Waals surface area contributed by atoms with E-state index in [2.05, 4.69) is 22.5 Å². The Balaban J connectivity index is 1.97. The third kappa shape index (κ3) is 2.70. The Morgan fingerprint density at radius 3 is 3.31 bits per heavy atom. The van der Waals surface area contributed by atoms with E-state index in [1.54, 1.807) is 11.3 Å². The van der Waals surface area contributed by atoms with Crippen LogP contribution in [0.2, 0.25) is 0 Å². The van der Waals surface area contributed by atoms with Crippen LogP contribution in [0.5, 0.6) is 0 Å². The molecule has 0 spiro atoms. The number of hydrogen-bond acceptors (Lipinski definition) is 5. The Morgan fingerprint density at radius 1 is 1.69 bits per heavy atom. The van der Waals surface area contributed by atoms with Crippen molar-refractivity contribution < 1.29 is 4.79 Å². The van der Waals surface area contributed by atoms with Gasteiger partial charge in [-0.1, -0.05) is 6.92 Å². The van der Waals surface area contributed by atoms with Crippen molar-refractivity contribution in [3.8, 4) is 0 Å². The Morgan fingerprint density at radius 2 is 2.56 bits per heavy atom. The molecule has 1 aromatic heterocycles. The van der Waals surface area contributed by atoms with Crippen LogP contribution in [0.3, 0.4) is 0 Å². The number of aromatic nitrogens is 1. The topological polar surface area (TPSA) is 57.3 Å². The molecule has 0 unspecified atom stereocenters. The fraction of sp³-hybridized carbons (Fsp3) is 0.600. The number of piperazine rings is 1. The van der Waals surface area contributed by atoms with Crippen LogP contribution in [-0.2, 0) is 11.3 Å². The maximum Gasteiger partial charge on any atom is 0.239 e. The van der Waals surface area contributed by atoms with Gasteiger partial charge in [-0.05, 0) is 6.54 Å². The zero-order chi connectivity index (χ0) is 11.4. The number of carbonyl (C=O) groups excluding carboxylic acids is 1. The minimum absolute atomic E-state index is 0.0784. The molecule has 0 saturated carbocycles. The lowest BCUT2D eigenvalue weighted by Gasteiger charge is -2.25. The minimum atomic E-state index is 0.0784. The maximum atomic E-state index is 11.2. The molecule has 88 valence electrons. The Labute approximate surface area is 98.9 Å². The molecule has 1 amide bonds. The molecule has 1 aromatic rings. The second-order valence-corrected chi connectivity index (χ2v) is 4.75. The molecule has 2 heterocycles. The van der Waals surface area contributed by atoms with Crippen molar-refractivity contribution in [3.63, 3.8) is 0 Å². The summed E-state index contributed by atoms with van der Waals surface area (Å²) in [7, 11) is 0. The van der Waals surface area contributed by atoms with Gasteiger partial charge in [0.1, 0.15) is 0 Å². The fourth-order valence-electron chi connectivity index (χ4n) is 1.58. The van der Waals surface area contributed by atoms with Gasteiger partial charge in [0.15, 0.2) is 5.13 Å². The SMILES string of the molecule is CCNCc1cnc(N2CCNC(=O)C2)s1. The first-order valence-corrected chi connectivity index (χ1v) is 6.28. The lowest BCUT2D eigenvalue weighted by atomic mass is 10.4. The molecule has 0 atom stereocenters. The molecule has 2 N–H and O–H groups in total. The molecule has 0 radical (unpaired) electrons. The molecule has 1 saturated heterocycles. The van der Waals surface area contributed by atoms with Gasteiger partial charge in [0.2, 0.25) is 5.91 Å². The first kappa shape index (κ1) is 11.3. The van der Waals surface area contributed by atoms with E-state index in [1.165, 1.54) is 4.88 Å². The predicted molar refractivity (Wildman–Crippen MR) is 64.7 cm³/mol. The number of carbonyl (C=O) groups is 1. The van der Waals surface area contributed by atoms with Crippen LogP contribution >= 0.6 is 11.3 Å². The third-order valence-corrected chi connectivity index (χ3v) is 3.46. The van der Waals surface area contributed by atoms with Gasteiger partial charge in [-0.15, -0.1) is 11.3 Å². The summed E-state index contributed by atoms with van der Waals surface area (Å²) in [5, 5.41) is 7.02. The molecule has 1 aliphatic rings. The van der Waals surface area contributed by atoms with E-state index in [9.17, 15) is 4.79 Å². The van der Waals surface area contributed by atoms with Crippen LogP contribution in [-0.4, -0.2) is 37.1 Å². The maximum absolute atomic E-state index is 11.2. The first-order valence-electron chi connectivity index (χ1n) is 5.46. The van der Waals surface area contributed by atoms with Gasteiger partial charge in [0, 0.05) is 30.7 Å². The predicted octanol–water partition coefficient (Wildman–Crippen LogP) is 0.189. The number of nitrogens with zero attached hydrogens (tertiary/aromatic N) is 2.